The van der Waals surface area contributed by atoms with E-state index in [4.69, 9.17) is 0 Å². The highest BCUT2D eigenvalue weighted by atomic mass is 32.2. The molecule has 1 saturated heterocycles. The van der Waals surface area contributed by atoms with Crippen molar-refractivity contribution in [1.29, 1.82) is 0 Å². The van der Waals surface area contributed by atoms with Gasteiger partial charge in [-0.15, -0.1) is 0 Å². The number of nitrogens with zero attached hydrogens (tertiary/aromatic N) is 2. The molecule has 6 nitrogen and oxygen atoms in total. The van der Waals surface area contributed by atoms with Crippen LogP contribution in [0.1, 0.15) is 36.5 Å². The molecule has 2 aromatic rings. The Hall–Kier alpha value is -2.25. The number of carbonyl (C=O) groups excluding carboxylic acids is 1. The number of piperidine rings is 1. The smallest absolute Gasteiger partial charge is 0.255 e. The van der Waals surface area contributed by atoms with Crippen LogP contribution in [0.3, 0.4) is 0 Å². The zero-order chi connectivity index (χ0) is 17.9. The van der Waals surface area contributed by atoms with Crippen molar-refractivity contribution in [3.8, 4) is 0 Å². The highest BCUT2D eigenvalue weighted by Crippen LogP contribution is 2.25. The molecule has 132 valence electrons. The van der Waals surface area contributed by atoms with Crippen LogP contribution < -0.4 is 5.32 Å². The Labute approximate surface area is 147 Å². The number of amides is 1. The van der Waals surface area contributed by atoms with Gasteiger partial charge in [0.15, 0.2) is 0 Å². The zero-order valence-corrected chi connectivity index (χ0v) is 14.9. The predicted molar refractivity (Wildman–Crippen MR) is 95.8 cm³/mol. The summed E-state index contributed by atoms with van der Waals surface area (Å²) in [6, 6.07) is 9.56. The third-order valence-electron chi connectivity index (χ3n) is 4.40. The Bertz CT molecular complexity index is 836. The average Bonchev–Trinajstić information content (AvgIpc) is 2.63. The minimum Gasteiger partial charge on any atom is -0.322 e. The lowest BCUT2D eigenvalue weighted by atomic mass is 10.1. The fourth-order valence-corrected chi connectivity index (χ4v) is 4.68. The molecule has 1 aromatic carbocycles. The van der Waals surface area contributed by atoms with E-state index in [9.17, 15) is 13.2 Å². The fourth-order valence-electron chi connectivity index (χ4n) is 2.98. The number of sulfonamides is 1. The maximum absolute atomic E-state index is 12.8. The van der Waals surface area contributed by atoms with Crippen molar-refractivity contribution >= 4 is 21.6 Å². The summed E-state index contributed by atoms with van der Waals surface area (Å²) in [6.07, 6.45) is 5.94. The van der Waals surface area contributed by atoms with Gasteiger partial charge < -0.3 is 5.32 Å². The van der Waals surface area contributed by atoms with Crippen LogP contribution in [-0.4, -0.2) is 36.2 Å². The third kappa shape index (κ3) is 3.88. The SMILES string of the molecule is C[C@@H]1CCCCN1S(=O)(=O)c1ccc(NC(=O)c2ccncc2)cc1. The van der Waals surface area contributed by atoms with Crippen molar-refractivity contribution in [2.24, 2.45) is 0 Å². The lowest BCUT2D eigenvalue weighted by Gasteiger charge is -2.32. The molecule has 0 spiro atoms. The van der Waals surface area contributed by atoms with Gasteiger partial charge in [-0.25, -0.2) is 8.42 Å². The number of anilines is 1. The summed E-state index contributed by atoms with van der Waals surface area (Å²) in [4.78, 5) is 16.2. The molecule has 1 aliphatic heterocycles. The third-order valence-corrected chi connectivity index (χ3v) is 6.43. The summed E-state index contributed by atoms with van der Waals surface area (Å²) in [6.45, 7) is 2.50. The molecule has 1 fully saturated rings. The predicted octanol–water partition coefficient (Wildman–Crippen LogP) is 2.90. The van der Waals surface area contributed by atoms with E-state index < -0.39 is 10.0 Å². The van der Waals surface area contributed by atoms with E-state index in [-0.39, 0.29) is 16.8 Å². The first-order valence-corrected chi connectivity index (χ1v) is 9.76. The molecule has 0 radical (unpaired) electrons. The first kappa shape index (κ1) is 17.6. The summed E-state index contributed by atoms with van der Waals surface area (Å²) in [7, 11) is -3.50. The van der Waals surface area contributed by atoms with Gasteiger partial charge in [-0.1, -0.05) is 6.42 Å². The molecular formula is C18H21N3O3S. The fraction of sp³-hybridized carbons (Fsp3) is 0.333. The van der Waals surface area contributed by atoms with Crippen LogP contribution in [0.15, 0.2) is 53.7 Å². The monoisotopic (exact) mass is 359 g/mol. The molecule has 1 aliphatic rings. The number of aromatic nitrogens is 1. The van der Waals surface area contributed by atoms with Crippen molar-refractivity contribution in [1.82, 2.24) is 9.29 Å². The Morgan fingerprint density at radius 2 is 1.80 bits per heavy atom. The molecule has 0 aliphatic carbocycles. The van der Waals surface area contributed by atoms with Gasteiger partial charge in [-0.2, -0.15) is 4.31 Å². The van der Waals surface area contributed by atoms with Gasteiger partial charge in [-0.3, -0.25) is 9.78 Å². The van der Waals surface area contributed by atoms with Gasteiger partial charge in [0.25, 0.3) is 5.91 Å². The molecule has 0 saturated carbocycles. The van der Waals surface area contributed by atoms with E-state index in [0.29, 0.717) is 17.8 Å². The molecule has 2 heterocycles. The zero-order valence-electron chi connectivity index (χ0n) is 14.1. The van der Waals surface area contributed by atoms with Crippen LogP contribution in [0.4, 0.5) is 5.69 Å². The van der Waals surface area contributed by atoms with E-state index in [1.54, 1.807) is 53.1 Å². The summed E-state index contributed by atoms with van der Waals surface area (Å²) < 4.78 is 27.1. The molecule has 0 bridgehead atoms. The number of carbonyl (C=O) groups is 1. The number of hydrogen-bond acceptors (Lipinski definition) is 4. The molecule has 1 amide bonds. The maximum atomic E-state index is 12.8. The second kappa shape index (κ2) is 7.33. The van der Waals surface area contributed by atoms with Crippen LogP contribution in [0.25, 0.3) is 0 Å². The lowest BCUT2D eigenvalue weighted by Crippen LogP contribution is -2.41. The summed E-state index contributed by atoms with van der Waals surface area (Å²) in [5.41, 5.74) is 1.04. The van der Waals surface area contributed by atoms with Crippen molar-refractivity contribution in [2.75, 3.05) is 11.9 Å². The number of pyridine rings is 1. The van der Waals surface area contributed by atoms with Crippen LogP contribution >= 0.6 is 0 Å². The topological polar surface area (TPSA) is 79.4 Å². The molecule has 1 N–H and O–H groups in total. The van der Waals surface area contributed by atoms with Gasteiger partial charge in [0.1, 0.15) is 0 Å². The van der Waals surface area contributed by atoms with Crippen molar-refractivity contribution in [3.63, 3.8) is 0 Å². The lowest BCUT2D eigenvalue weighted by molar-refractivity contribution is 0.102. The van der Waals surface area contributed by atoms with Crippen LogP contribution in [-0.2, 0) is 10.0 Å². The Kier molecular flexibility index (Phi) is 5.15. The Balaban J connectivity index is 1.74. The molecule has 1 aromatic heterocycles. The van der Waals surface area contributed by atoms with E-state index in [0.717, 1.165) is 19.3 Å². The van der Waals surface area contributed by atoms with Gasteiger partial charge in [-0.05, 0) is 56.2 Å². The largest absolute Gasteiger partial charge is 0.322 e. The first-order valence-electron chi connectivity index (χ1n) is 8.32. The highest BCUT2D eigenvalue weighted by molar-refractivity contribution is 7.89. The second-order valence-electron chi connectivity index (χ2n) is 6.17. The van der Waals surface area contributed by atoms with E-state index in [1.807, 2.05) is 6.92 Å². The van der Waals surface area contributed by atoms with Crippen molar-refractivity contribution < 1.29 is 13.2 Å². The van der Waals surface area contributed by atoms with Gasteiger partial charge in [0.2, 0.25) is 10.0 Å². The summed E-state index contributed by atoms with van der Waals surface area (Å²) in [5, 5.41) is 2.75. The highest BCUT2D eigenvalue weighted by Gasteiger charge is 2.30. The Morgan fingerprint density at radius 1 is 1.12 bits per heavy atom. The van der Waals surface area contributed by atoms with Crippen LogP contribution in [0, 0.1) is 0 Å². The molecule has 3 rings (SSSR count). The molecule has 1 atom stereocenters. The molecule has 7 heteroatoms. The maximum Gasteiger partial charge on any atom is 0.255 e. The summed E-state index contributed by atoms with van der Waals surface area (Å²) >= 11 is 0. The van der Waals surface area contributed by atoms with E-state index >= 15 is 0 Å². The molecular weight excluding hydrogens is 338 g/mol. The van der Waals surface area contributed by atoms with Crippen LogP contribution in [0.2, 0.25) is 0 Å². The average molecular weight is 359 g/mol. The Morgan fingerprint density at radius 3 is 2.44 bits per heavy atom. The first-order chi connectivity index (χ1) is 12.0. The number of benzene rings is 1. The molecule has 0 unspecified atom stereocenters. The van der Waals surface area contributed by atoms with Crippen molar-refractivity contribution in [2.45, 2.75) is 37.1 Å². The minimum absolute atomic E-state index is 0.0184. The van der Waals surface area contributed by atoms with Gasteiger partial charge >= 0.3 is 0 Å². The second-order valence-corrected chi connectivity index (χ2v) is 8.07. The normalized spacial score (nSPS) is 18.7. The quantitative estimate of drug-likeness (QED) is 0.910. The number of rotatable bonds is 4. The van der Waals surface area contributed by atoms with Gasteiger partial charge in [0, 0.05) is 36.2 Å². The summed E-state index contributed by atoms with van der Waals surface area (Å²) in [5.74, 6) is -0.261. The molecule has 25 heavy (non-hydrogen) atoms. The number of hydrogen-bond donors (Lipinski definition) is 1. The number of nitrogens with one attached hydrogen (secondary N) is 1. The van der Waals surface area contributed by atoms with Gasteiger partial charge in [0.05, 0.1) is 4.90 Å². The van der Waals surface area contributed by atoms with E-state index in [2.05, 4.69) is 10.3 Å². The standard InChI is InChI=1S/C18H21N3O3S/c1-14-4-2-3-13-21(14)25(23,24)17-7-5-16(6-8-17)20-18(22)15-9-11-19-12-10-15/h5-12,14H,2-4,13H2,1H3,(H,20,22)/t14-/m1/s1. The van der Waals surface area contributed by atoms with Crippen molar-refractivity contribution in [3.05, 3.63) is 54.4 Å². The van der Waals surface area contributed by atoms with E-state index in [1.165, 1.54) is 0 Å². The minimum atomic E-state index is -3.50. The van der Waals surface area contributed by atoms with Crippen LogP contribution in [0.5, 0.6) is 0 Å².